The van der Waals surface area contributed by atoms with Crippen LogP contribution in [0.25, 0.3) is 0 Å². The van der Waals surface area contributed by atoms with Gasteiger partial charge in [0.05, 0.1) is 0 Å². The van der Waals surface area contributed by atoms with Crippen molar-refractivity contribution in [3.05, 3.63) is 107 Å². The van der Waals surface area contributed by atoms with Crippen molar-refractivity contribution >= 4 is 17.9 Å². The maximum absolute atomic E-state index is 13.6. The number of alkyl carbamates (subject to hydrolysis) is 1. The Labute approximate surface area is 249 Å². The molecule has 1 aliphatic rings. The fraction of sp³-hybridized carbons (Fsp3) is 0.400. The summed E-state index contributed by atoms with van der Waals surface area (Å²) in [5, 5.41) is 5.79. The molecule has 0 bridgehead atoms. The first-order valence-electron chi connectivity index (χ1n) is 15.2. The first-order valence-corrected chi connectivity index (χ1v) is 15.2. The number of likely N-dealkylation sites (tertiary alicyclic amines) is 1. The van der Waals surface area contributed by atoms with Crippen LogP contribution in [0, 0.1) is 5.92 Å². The molecule has 42 heavy (non-hydrogen) atoms. The number of amides is 3. The predicted octanol–water partition coefficient (Wildman–Crippen LogP) is 5.93. The van der Waals surface area contributed by atoms with Crippen molar-refractivity contribution in [2.75, 3.05) is 19.6 Å². The zero-order valence-corrected chi connectivity index (χ0v) is 24.6. The summed E-state index contributed by atoms with van der Waals surface area (Å²) in [6.45, 7) is 4.09. The van der Waals surface area contributed by atoms with E-state index < -0.39 is 12.1 Å². The van der Waals surface area contributed by atoms with E-state index in [0.29, 0.717) is 50.4 Å². The number of nitrogens with zero attached hydrogens (tertiary/aromatic N) is 1. The molecule has 3 aromatic rings. The summed E-state index contributed by atoms with van der Waals surface area (Å²) in [6, 6.07) is 26.9. The highest BCUT2D eigenvalue weighted by Crippen LogP contribution is 2.22. The van der Waals surface area contributed by atoms with Crippen LogP contribution in [0.3, 0.4) is 0 Å². The second-order valence-electron chi connectivity index (χ2n) is 11.0. The lowest BCUT2D eigenvalue weighted by Gasteiger charge is -2.34. The summed E-state index contributed by atoms with van der Waals surface area (Å²) >= 11 is 0. The summed E-state index contributed by atoms with van der Waals surface area (Å²) in [4.78, 5) is 40.6. The molecule has 222 valence electrons. The van der Waals surface area contributed by atoms with Gasteiger partial charge in [-0.15, -0.1) is 0 Å². The molecule has 4 rings (SSSR count). The van der Waals surface area contributed by atoms with Crippen LogP contribution in [0.15, 0.2) is 84.9 Å². The Hall–Kier alpha value is -4.13. The van der Waals surface area contributed by atoms with Crippen LogP contribution in [0.2, 0.25) is 0 Å². The number of hydrogen-bond acceptors (Lipinski definition) is 4. The smallest absolute Gasteiger partial charge is 0.408 e. The molecule has 1 heterocycles. The summed E-state index contributed by atoms with van der Waals surface area (Å²) in [6.07, 6.45) is 5.09. The molecule has 1 aliphatic heterocycles. The molecule has 0 saturated carbocycles. The largest absolute Gasteiger partial charge is 0.445 e. The lowest BCUT2D eigenvalue weighted by atomic mass is 9.90. The third-order valence-corrected chi connectivity index (χ3v) is 7.93. The van der Waals surface area contributed by atoms with Crippen molar-refractivity contribution < 1.29 is 19.1 Å². The van der Waals surface area contributed by atoms with Gasteiger partial charge >= 0.3 is 6.09 Å². The number of aryl methyl sites for hydroxylation is 1. The molecule has 2 N–H and O–H groups in total. The van der Waals surface area contributed by atoms with Crippen molar-refractivity contribution in [2.24, 2.45) is 5.92 Å². The van der Waals surface area contributed by atoms with Gasteiger partial charge in [0.25, 0.3) is 5.91 Å². The number of hydrogen-bond donors (Lipinski definition) is 2. The predicted molar refractivity (Wildman–Crippen MR) is 165 cm³/mol. The molecule has 1 unspecified atom stereocenters. The average molecular weight is 570 g/mol. The fourth-order valence-corrected chi connectivity index (χ4v) is 5.36. The topological polar surface area (TPSA) is 87.7 Å². The molecule has 3 aromatic carbocycles. The Balaban J connectivity index is 1.27. The van der Waals surface area contributed by atoms with Gasteiger partial charge in [-0.3, -0.25) is 9.59 Å². The highest BCUT2D eigenvalue weighted by atomic mass is 16.5. The van der Waals surface area contributed by atoms with Crippen LogP contribution >= 0.6 is 0 Å². The second kappa shape index (κ2) is 16.3. The Kier molecular flexibility index (Phi) is 12.0. The third-order valence-electron chi connectivity index (χ3n) is 7.93. The van der Waals surface area contributed by atoms with Gasteiger partial charge in [-0.25, -0.2) is 4.79 Å². The van der Waals surface area contributed by atoms with Crippen molar-refractivity contribution in [3.8, 4) is 0 Å². The van der Waals surface area contributed by atoms with E-state index in [4.69, 9.17) is 4.74 Å². The van der Waals surface area contributed by atoms with Crippen LogP contribution in [-0.2, 0) is 29.0 Å². The van der Waals surface area contributed by atoms with E-state index in [2.05, 4.69) is 41.8 Å². The van der Waals surface area contributed by atoms with Crippen LogP contribution in [0.4, 0.5) is 4.79 Å². The molecule has 0 spiro atoms. The van der Waals surface area contributed by atoms with Crippen LogP contribution < -0.4 is 10.6 Å². The number of carbonyl (C=O) groups is 3. The number of carbonyl (C=O) groups excluding carboxylic acids is 3. The van der Waals surface area contributed by atoms with Gasteiger partial charge in [0, 0.05) is 25.2 Å². The van der Waals surface area contributed by atoms with E-state index >= 15 is 0 Å². The Morgan fingerprint density at radius 1 is 0.833 bits per heavy atom. The van der Waals surface area contributed by atoms with Gasteiger partial charge in [0.1, 0.15) is 12.6 Å². The van der Waals surface area contributed by atoms with E-state index in [-0.39, 0.29) is 18.4 Å². The molecule has 7 heteroatoms. The van der Waals surface area contributed by atoms with Gasteiger partial charge in [0.15, 0.2) is 0 Å². The summed E-state index contributed by atoms with van der Waals surface area (Å²) in [5.41, 5.74) is 4.04. The van der Waals surface area contributed by atoms with E-state index in [1.54, 1.807) is 0 Å². The number of rotatable bonds is 13. The minimum atomic E-state index is -0.670. The standard InChI is InChI=1S/C35H43N3O4/c1-2-27-16-18-31(19-17-27)33(39)36-22-10-9-15-32(37-35(41)42-26-30-13-7-4-8-14-30)34(40)38-23-20-29(21-24-38)25-28-11-5-3-6-12-28/h3-8,11-14,16-19,29,32H,2,9-10,15,20-26H2,1H3,(H,36,39)(H,37,41). The molecular weight excluding hydrogens is 526 g/mol. The highest BCUT2D eigenvalue weighted by molar-refractivity contribution is 5.94. The van der Waals surface area contributed by atoms with E-state index in [1.165, 1.54) is 11.1 Å². The van der Waals surface area contributed by atoms with Crippen molar-refractivity contribution in [3.63, 3.8) is 0 Å². The minimum absolute atomic E-state index is 0.0649. The third kappa shape index (κ3) is 9.75. The van der Waals surface area contributed by atoms with Crippen LogP contribution in [0.5, 0.6) is 0 Å². The highest BCUT2D eigenvalue weighted by Gasteiger charge is 2.29. The zero-order chi connectivity index (χ0) is 29.6. The molecule has 0 radical (unpaired) electrons. The summed E-state index contributed by atoms with van der Waals surface area (Å²) in [7, 11) is 0. The lowest BCUT2D eigenvalue weighted by molar-refractivity contribution is -0.135. The molecule has 0 aromatic heterocycles. The van der Waals surface area contributed by atoms with Gasteiger partial charge in [-0.05, 0) is 79.7 Å². The molecule has 3 amide bonds. The van der Waals surface area contributed by atoms with E-state index in [0.717, 1.165) is 31.2 Å². The maximum Gasteiger partial charge on any atom is 0.408 e. The summed E-state index contributed by atoms with van der Waals surface area (Å²) in [5.74, 6) is 0.372. The van der Waals surface area contributed by atoms with E-state index in [1.807, 2.05) is 65.6 Å². The normalized spacial score (nSPS) is 14.2. The van der Waals surface area contributed by atoms with Crippen molar-refractivity contribution in [1.82, 2.24) is 15.5 Å². The SMILES string of the molecule is CCc1ccc(C(=O)NCCCCC(NC(=O)OCc2ccccc2)C(=O)N2CCC(Cc3ccccc3)CC2)cc1. The summed E-state index contributed by atoms with van der Waals surface area (Å²) < 4.78 is 5.43. The number of benzene rings is 3. The first kappa shape index (κ1) is 30.8. The first-order chi connectivity index (χ1) is 20.5. The number of ether oxygens (including phenoxy) is 1. The Morgan fingerprint density at radius 2 is 1.48 bits per heavy atom. The van der Waals surface area contributed by atoms with E-state index in [9.17, 15) is 14.4 Å². The van der Waals surface area contributed by atoms with Gasteiger partial charge in [-0.2, -0.15) is 0 Å². The fourth-order valence-electron chi connectivity index (χ4n) is 5.36. The van der Waals surface area contributed by atoms with Crippen LogP contribution in [0.1, 0.15) is 66.1 Å². The quantitative estimate of drug-likeness (QED) is 0.250. The maximum atomic E-state index is 13.6. The van der Waals surface area contributed by atoms with Crippen LogP contribution in [-0.4, -0.2) is 48.5 Å². The van der Waals surface area contributed by atoms with Crippen molar-refractivity contribution in [1.29, 1.82) is 0 Å². The molecule has 1 fully saturated rings. The number of unbranched alkanes of at least 4 members (excludes halogenated alkanes) is 1. The van der Waals surface area contributed by atoms with Gasteiger partial charge < -0.3 is 20.3 Å². The average Bonchev–Trinajstić information content (AvgIpc) is 3.04. The number of nitrogens with one attached hydrogen (secondary N) is 2. The minimum Gasteiger partial charge on any atom is -0.445 e. The van der Waals surface area contributed by atoms with Gasteiger partial charge in [0.2, 0.25) is 5.91 Å². The molecule has 0 aliphatic carbocycles. The molecule has 1 atom stereocenters. The van der Waals surface area contributed by atoms with Gasteiger partial charge in [-0.1, -0.05) is 79.7 Å². The molecular formula is C35H43N3O4. The Morgan fingerprint density at radius 3 is 2.12 bits per heavy atom. The monoisotopic (exact) mass is 569 g/mol. The van der Waals surface area contributed by atoms with Crippen molar-refractivity contribution in [2.45, 2.75) is 64.5 Å². The Bertz CT molecular complexity index is 1260. The molecule has 1 saturated heterocycles. The number of piperidine rings is 1. The molecule has 7 nitrogen and oxygen atoms in total. The zero-order valence-electron chi connectivity index (χ0n) is 24.6. The lowest BCUT2D eigenvalue weighted by Crippen LogP contribution is -2.51. The second-order valence-corrected chi connectivity index (χ2v) is 11.0.